The van der Waals surface area contributed by atoms with Crippen molar-refractivity contribution in [2.24, 2.45) is 0 Å². The fourth-order valence-corrected chi connectivity index (χ4v) is 3.58. The SMILES string of the molecule is O=C(NCc1ccc(Cl)cc1)C1CCCCN1C(=O)c1cc(C2CC2)on1. The molecule has 1 atom stereocenters. The summed E-state index contributed by atoms with van der Waals surface area (Å²) >= 11 is 5.89. The summed E-state index contributed by atoms with van der Waals surface area (Å²) < 4.78 is 5.30. The molecule has 1 aliphatic carbocycles. The molecule has 7 heteroatoms. The van der Waals surface area contributed by atoms with E-state index < -0.39 is 6.04 Å². The number of nitrogens with zero attached hydrogens (tertiary/aromatic N) is 2. The number of hydrogen-bond acceptors (Lipinski definition) is 4. The lowest BCUT2D eigenvalue weighted by Crippen LogP contribution is -2.51. The summed E-state index contributed by atoms with van der Waals surface area (Å²) in [5.74, 6) is 0.818. The summed E-state index contributed by atoms with van der Waals surface area (Å²) in [7, 11) is 0. The van der Waals surface area contributed by atoms with Crippen molar-refractivity contribution in [1.29, 1.82) is 0 Å². The predicted molar refractivity (Wildman–Crippen MR) is 100 cm³/mol. The molecule has 0 radical (unpaired) electrons. The van der Waals surface area contributed by atoms with Gasteiger partial charge in [-0.3, -0.25) is 9.59 Å². The van der Waals surface area contributed by atoms with Crippen molar-refractivity contribution in [3.63, 3.8) is 0 Å². The first-order chi connectivity index (χ1) is 13.1. The molecule has 0 bridgehead atoms. The summed E-state index contributed by atoms with van der Waals surface area (Å²) in [5.41, 5.74) is 1.27. The van der Waals surface area contributed by atoms with Gasteiger partial charge in [0.15, 0.2) is 5.69 Å². The van der Waals surface area contributed by atoms with Crippen molar-refractivity contribution in [2.45, 2.75) is 50.6 Å². The van der Waals surface area contributed by atoms with Crippen molar-refractivity contribution in [3.05, 3.63) is 52.4 Å². The van der Waals surface area contributed by atoms with Gasteiger partial charge in [0, 0.05) is 30.1 Å². The first-order valence-electron chi connectivity index (χ1n) is 9.41. The number of amides is 2. The van der Waals surface area contributed by atoms with E-state index >= 15 is 0 Å². The van der Waals surface area contributed by atoms with Gasteiger partial charge in [-0.25, -0.2) is 0 Å². The van der Waals surface area contributed by atoms with Crippen LogP contribution in [0.1, 0.15) is 59.8 Å². The molecule has 2 heterocycles. The molecule has 1 saturated carbocycles. The first kappa shape index (κ1) is 18.0. The Labute approximate surface area is 162 Å². The van der Waals surface area contributed by atoms with E-state index in [9.17, 15) is 9.59 Å². The lowest BCUT2D eigenvalue weighted by atomic mass is 10.0. The zero-order valence-electron chi connectivity index (χ0n) is 15.0. The van der Waals surface area contributed by atoms with Gasteiger partial charge in [-0.15, -0.1) is 0 Å². The largest absolute Gasteiger partial charge is 0.360 e. The van der Waals surface area contributed by atoms with Gasteiger partial charge < -0.3 is 14.7 Å². The van der Waals surface area contributed by atoms with Crippen molar-refractivity contribution in [3.8, 4) is 0 Å². The van der Waals surface area contributed by atoms with Crippen LogP contribution in [0, 0.1) is 0 Å². The Morgan fingerprint density at radius 3 is 2.70 bits per heavy atom. The molecule has 1 unspecified atom stereocenters. The highest BCUT2D eigenvalue weighted by Gasteiger charge is 2.35. The van der Waals surface area contributed by atoms with Crippen LogP contribution in [0.4, 0.5) is 0 Å². The van der Waals surface area contributed by atoms with Gasteiger partial charge in [0.1, 0.15) is 11.8 Å². The average Bonchev–Trinajstić information content (AvgIpc) is 3.43. The number of hydrogen-bond donors (Lipinski definition) is 1. The summed E-state index contributed by atoms with van der Waals surface area (Å²) in [5, 5.41) is 7.54. The number of likely N-dealkylation sites (tertiary alicyclic amines) is 1. The van der Waals surface area contributed by atoms with Gasteiger partial charge in [0.25, 0.3) is 5.91 Å². The van der Waals surface area contributed by atoms with Crippen LogP contribution < -0.4 is 5.32 Å². The topological polar surface area (TPSA) is 75.4 Å². The second-order valence-electron chi connectivity index (χ2n) is 7.24. The smallest absolute Gasteiger partial charge is 0.276 e. The van der Waals surface area contributed by atoms with E-state index in [2.05, 4.69) is 10.5 Å². The minimum Gasteiger partial charge on any atom is -0.360 e. The maximum Gasteiger partial charge on any atom is 0.276 e. The van der Waals surface area contributed by atoms with Gasteiger partial charge in [-0.1, -0.05) is 28.9 Å². The van der Waals surface area contributed by atoms with Crippen LogP contribution in [0.5, 0.6) is 0 Å². The van der Waals surface area contributed by atoms with Gasteiger partial charge in [0.05, 0.1) is 0 Å². The third kappa shape index (κ3) is 4.16. The maximum absolute atomic E-state index is 12.9. The van der Waals surface area contributed by atoms with Crippen LogP contribution in [0.3, 0.4) is 0 Å². The normalized spacial score (nSPS) is 19.7. The van der Waals surface area contributed by atoms with E-state index in [-0.39, 0.29) is 11.8 Å². The Hall–Kier alpha value is -2.34. The fraction of sp³-hybridized carbons (Fsp3) is 0.450. The summed E-state index contributed by atoms with van der Waals surface area (Å²) in [6.07, 6.45) is 4.64. The van der Waals surface area contributed by atoms with Gasteiger partial charge in [-0.05, 0) is 49.8 Å². The van der Waals surface area contributed by atoms with E-state index in [0.29, 0.717) is 36.1 Å². The van der Waals surface area contributed by atoms with E-state index in [1.165, 1.54) is 0 Å². The molecule has 1 N–H and O–H groups in total. The van der Waals surface area contributed by atoms with E-state index in [1.54, 1.807) is 23.1 Å². The quantitative estimate of drug-likeness (QED) is 0.851. The molecule has 1 aromatic heterocycles. The lowest BCUT2D eigenvalue weighted by molar-refractivity contribution is -0.126. The molecule has 6 nitrogen and oxygen atoms in total. The summed E-state index contributed by atoms with van der Waals surface area (Å²) in [6, 6.07) is 8.60. The molecule has 2 aromatic rings. The average molecular weight is 388 g/mol. The third-order valence-corrected chi connectivity index (χ3v) is 5.43. The van der Waals surface area contributed by atoms with Crippen LogP contribution >= 0.6 is 11.6 Å². The minimum absolute atomic E-state index is 0.135. The number of carbonyl (C=O) groups is 2. The highest BCUT2D eigenvalue weighted by Crippen LogP contribution is 2.40. The van der Waals surface area contributed by atoms with Gasteiger partial charge in [0.2, 0.25) is 5.91 Å². The Morgan fingerprint density at radius 2 is 1.96 bits per heavy atom. The number of nitrogens with one attached hydrogen (secondary N) is 1. The zero-order chi connectivity index (χ0) is 18.8. The molecular formula is C20H22ClN3O3. The van der Waals surface area contributed by atoms with Crippen LogP contribution in [-0.2, 0) is 11.3 Å². The first-order valence-corrected chi connectivity index (χ1v) is 9.79. The highest BCUT2D eigenvalue weighted by atomic mass is 35.5. The Balaban J connectivity index is 1.41. The summed E-state index contributed by atoms with van der Waals surface area (Å²) in [6.45, 7) is 0.966. The third-order valence-electron chi connectivity index (χ3n) is 5.17. The maximum atomic E-state index is 12.9. The van der Waals surface area contributed by atoms with E-state index in [4.69, 9.17) is 16.1 Å². The van der Waals surface area contributed by atoms with Crippen LogP contribution in [-0.4, -0.2) is 34.5 Å². The van der Waals surface area contributed by atoms with Crippen molar-refractivity contribution < 1.29 is 14.1 Å². The molecule has 142 valence electrons. The second-order valence-corrected chi connectivity index (χ2v) is 7.68. The molecule has 27 heavy (non-hydrogen) atoms. The van der Waals surface area contributed by atoms with Gasteiger partial charge in [-0.2, -0.15) is 0 Å². The molecule has 1 aliphatic heterocycles. The van der Waals surface area contributed by atoms with Crippen LogP contribution in [0.15, 0.2) is 34.9 Å². The number of aromatic nitrogens is 1. The molecule has 4 rings (SSSR count). The predicted octanol–water partition coefficient (Wildman–Crippen LogP) is 3.52. The van der Waals surface area contributed by atoms with Crippen LogP contribution in [0.25, 0.3) is 0 Å². The number of benzene rings is 1. The summed E-state index contributed by atoms with van der Waals surface area (Å²) in [4.78, 5) is 27.3. The molecule has 1 saturated heterocycles. The highest BCUT2D eigenvalue weighted by molar-refractivity contribution is 6.30. The monoisotopic (exact) mass is 387 g/mol. The van der Waals surface area contributed by atoms with E-state index in [1.807, 2.05) is 12.1 Å². The molecule has 2 fully saturated rings. The molecule has 1 aromatic carbocycles. The number of rotatable bonds is 5. The molecular weight excluding hydrogens is 366 g/mol. The Morgan fingerprint density at radius 1 is 1.19 bits per heavy atom. The van der Waals surface area contributed by atoms with Crippen LogP contribution in [0.2, 0.25) is 5.02 Å². The number of piperidine rings is 1. The van der Waals surface area contributed by atoms with Crippen molar-refractivity contribution in [1.82, 2.24) is 15.4 Å². The fourth-order valence-electron chi connectivity index (χ4n) is 3.45. The zero-order valence-corrected chi connectivity index (χ0v) is 15.7. The molecule has 2 amide bonds. The lowest BCUT2D eigenvalue weighted by Gasteiger charge is -2.34. The molecule has 2 aliphatic rings. The van der Waals surface area contributed by atoms with Crippen molar-refractivity contribution >= 4 is 23.4 Å². The Kier molecular flexibility index (Phi) is 5.16. The minimum atomic E-state index is -0.473. The van der Waals surface area contributed by atoms with Crippen molar-refractivity contribution in [2.75, 3.05) is 6.54 Å². The molecule has 0 spiro atoms. The van der Waals surface area contributed by atoms with E-state index in [0.717, 1.165) is 37.0 Å². The second kappa shape index (κ2) is 7.72. The number of carbonyl (C=O) groups excluding carboxylic acids is 2. The van der Waals surface area contributed by atoms with Gasteiger partial charge >= 0.3 is 0 Å². The number of halogens is 1. The Bertz CT molecular complexity index is 829. The standard InChI is InChI=1S/C20H22ClN3O3/c21-15-8-4-13(5-9-15)12-22-19(25)17-3-1-2-10-24(17)20(26)16-11-18(27-23-16)14-6-7-14/h4-5,8-9,11,14,17H,1-3,6-7,10,12H2,(H,22,25).